The predicted molar refractivity (Wildman–Crippen MR) is 125 cm³/mol. The second kappa shape index (κ2) is 9.13. The Bertz CT molecular complexity index is 1210. The van der Waals surface area contributed by atoms with E-state index in [0.29, 0.717) is 18.0 Å². The highest BCUT2D eigenvalue weighted by molar-refractivity contribution is 7.99. The monoisotopic (exact) mass is 463 g/mol. The van der Waals surface area contributed by atoms with Crippen LogP contribution >= 0.6 is 23.1 Å². The Balaban J connectivity index is 1.29. The summed E-state index contributed by atoms with van der Waals surface area (Å²) in [6.07, 6.45) is 2.94. The maximum Gasteiger partial charge on any atom is 0.253 e. The summed E-state index contributed by atoms with van der Waals surface area (Å²) >= 11 is 2.99. The lowest BCUT2D eigenvalue weighted by Crippen LogP contribution is -2.28. The molecule has 0 bridgehead atoms. The standard InChI is InChI=1S/C23H21N5O2S2/c1-15-6-8-16(9-7-15)18-13-19(20-5-2-10-30-20)28(27-18)22(29)14-32-23-24-21(25-26-23)12-17-4-3-11-31-17/h2-11,19H,12-14H2,1H3,(H,24,25,26). The van der Waals surface area contributed by atoms with Gasteiger partial charge in [-0.1, -0.05) is 47.7 Å². The average molecular weight is 464 g/mol. The van der Waals surface area contributed by atoms with Gasteiger partial charge in [-0.05, 0) is 36.1 Å². The summed E-state index contributed by atoms with van der Waals surface area (Å²) in [5.41, 5.74) is 3.08. The van der Waals surface area contributed by atoms with Crippen molar-refractivity contribution in [2.24, 2.45) is 5.10 Å². The smallest absolute Gasteiger partial charge is 0.253 e. The maximum absolute atomic E-state index is 13.1. The minimum Gasteiger partial charge on any atom is -0.467 e. The van der Waals surface area contributed by atoms with Crippen LogP contribution in [0, 0.1) is 6.92 Å². The van der Waals surface area contributed by atoms with Gasteiger partial charge < -0.3 is 4.42 Å². The second-order valence-corrected chi connectivity index (χ2v) is 9.47. The predicted octanol–water partition coefficient (Wildman–Crippen LogP) is 4.83. The fourth-order valence-corrected chi connectivity index (χ4v) is 4.93. The summed E-state index contributed by atoms with van der Waals surface area (Å²) in [4.78, 5) is 18.8. The first-order chi connectivity index (χ1) is 15.7. The Labute approximate surface area is 193 Å². The van der Waals surface area contributed by atoms with E-state index in [1.807, 2.05) is 42.6 Å². The molecule has 162 valence electrons. The first-order valence-electron chi connectivity index (χ1n) is 10.2. The lowest BCUT2D eigenvalue weighted by molar-refractivity contribution is -0.130. The third-order valence-electron chi connectivity index (χ3n) is 5.18. The highest BCUT2D eigenvalue weighted by Gasteiger charge is 2.34. The molecule has 0 saturated heterocycles. The lowest BCUT2D eigenvalue weighted by Gasteiger charge is -2.19. The van der Waals surface area contributed by atoms with Crippen molar-refractivity contribution in [3.63, 3.8) is 0 Å². The quantitative estimate of drug-likeness (QED) is 0.397. The number of amides is 1. The van der Waals surface area contributed by atoms with Crippen molar-refractivity contribution in [1.29, 1.82) is 0 Å². The minimum absolute atomic E-state index is 0.108. The molecule has 0 aliphatic carbocycles. The number of H-pyrrole nitrogens is 1. The number of hydrogen-bond donors (Lipinski definition) is 1. The number of thioether (sulfide) groups is 1. The van der Waals surface area contributed by atoms with Gasteiger partial charge in [0, 0.05) is 17.7 Å². The van der Waals surface area contributed by atoms with Gasteiger partial charge in [0.1, 0.15) is 17.6 Å². The van der Waals surface area contributed by atoms with Crippen LogP contribution in [0.5, 0.6) is 0 Å². The molecule has 0 spiro atoms. The van der Waals surface area contributed by atoms with Crippen LogP contribution in [0.4, 0.5) is 0 Å². The van der Waals surface area contributed by atoms with Crippen LogP contribution in [-0.2, 0) is 11.2 Å². The summed E-state index contributed by atoms with van der Waals surface area (Å²) in [5.74, 6) is 1.60. The third-order valence-corrected chi connectivity index (χ3v) is 6.89. The Morgan fingerprint density at radius 2 is 2.12 bits per heavy atom. The minimum atomic E-state index is -0.254. The van der Waals surface area contributed by atoms with E-state index in [1.54, 1.807) is 22.6 Å². The maximum atomic E-state index is 13.1. The fourth-order valence-electron chi connectivity index (χ4n) is 3.56. The Hall–Kier alpha value is -3.17. The Morgan fingerprint density at radius 1 is 1.25 bits per heavy atom. The van der Waals surface area contributed by atoms with E-state index in [9.17, 15) is 4.79 Å². The largest absolute Gasteiger partial charge is 0.467 e. The number of nitrogens with zero attached hydrogens (tertiary/aromatic N) is 4. The molecule has 1 atom stereocenters. The zero-order chi connectivity index (χ0) is 21.9. The van der Waals surface area contributed by atoms with Crippen LogP contribution in [0.3, 0.4) is 0 Å². The molecule has 4 heterocycles. The SMILES string of the molecule is Cc1ccc(C2=NN(C(=O)CSc3n[nH]c(Cc4cccs4)n3)C(c3ccco3)C2)cc1. The Kier molecular flexibility index (Phi) is 5.91. The molecule has 3 aromatic heterocycles. The molecular weight excluding hydrogens is 442 g/mol. The van der Waals surface area contributed by atoms with Crippen LogP contribution in [0.25, 0.3) is 0 Å². The summed E-state index contributed by atoms with van der Waals surface area (Å²) in [5, 5.41) is 16.0. The number of benzene rings is 1. The lowest BCUT2D eigenvalue weighted by atomic mass is 10.0. The van der Waals surface area contributed by atoms with Crippen molar-refractivity contribution in [1.82, 2.24) is 20.2 Å². The molecule has 32 heavy (non-hydrogen) atoms. The number of carbonyl (C=O) groups excluding carboxylic acids is 1. The Morgan fingerprint density at radius 3 is 2.88 bits per heavy atom. The van der Waals surface area contributed by atoms with Crippen LogP contribution in [-0.4, -0.2) is 37.6 Å². The van der Waals surface area contributed by atoms with Gasteiger partial charge >= 0.3 is 0 Å². The first kappa shape index (κ1) is 20.7. The number of carbonyl (C=O) groups is 1. The van der Waals surface area contributed by atoms with Gasteiger partial charge in [-0.3, -0.25) is 9.89 Å². The molecular formula is C23H21N5O2S2. The van der Waals surface area contributed by atoms with E-state index in [-0.39, 0.29) is 17.7 Å². The topological polar surface area (TPSA) is 87.4 Å². The van der Waals surface area contributed by atoms with Crippen molar-refractivity contribution in [2.75, 3.05) is 5.75 Å². The van der Waals surface area contributed by atoms with E-state index in [0.717, 1.165) is 22.9 Å². The van der Waals surface area contributed by atoms with E-state index in [2.05, 4.69) is 38.5 Å². The normalized spacial score (nSPS) is 15.8. The molecule has 1 unspecified atom stereocenters. The van der Waals surface area contributed by atoms with Gasteiger partial charge in [0.15, 0.2) is 0 Å². The average Bonchev–Trinajstić information content (AvgIpc) is 3.60. The summed E-state index contributed by atoms with van der Waals surface area (Å²) in [6, 6.07) is 15.7. The molecule has 7 nitrogen and oxygen atoms in total. The van der Waals surface area contributed by atoms with Gasteiger partial charge in [0.25, 0.3) is 5.91 Å². The van der Waals surface area contributed by atoms with Crippen molar-refractivity contribution in [3.8, 4) is 0 Å². The third kappa shape index (κ3) is 4.53. The van der Waals surface area contributed by atoms with Gasteiger partial charge in [-0.2, -0.15) is 5.10 Å². The van der Waals surface area contributed by atoms with E-state index >= 15 is 0 Å². The molecule has 0 fully saturated rings. The van der Waals surface area contributed by atoms with Crippen LogP contribution in [0.15, 0.2) is 74.8 Å². The molecule has 9 heteroatoms. The van der Waals surface area contributed by atoms with Crippen LogP contribution < -0.4 is 0 Å². The molecule has 1 aliphatic heterocycles. The zero-order valence-corrected chi connectivity index (χ0v) is 19.0. The number of hydrogen-bond acceptors (Lipinski definition) is 7. The van der Waals surface area contributed by atoms with Crippen molar-refractivity contribution >= 4 is 34.7 Å². The first-order valence-corrected chi connectivity index (χ1v) is 12.1. The molecule has 1 aromatic carbocycles. The number of hydrazone groups is 1. The number of aromatic amines is 1. The number of thiophene rings is 1. The van der Waals surface area contributed by atoms with E-state index in [1.165, 1.54) is 22.2 Å². The van der Waals surface area contributed by atoms with Gasteiger partial charge in [0.2, 0.25) is 5.16 Å². The molecule has 0 radical (unpaired) electrons. The molecule has 1 amide bonds. The van der Waals surface area contributed by atoms with Crippen LogP contribution in [0.1, 0.15) is 40.1 Å². The molecule has 1 aliphatic rings. The molecule has 0 saturated carbocycles. The van der Waals surface area contributed by atoms with Crippen LogP contribution in [0.2, 0.25) is 0 Å². The molecule has 5 rings (SSSR count). The van der Waals surface area contributed by atoms with E-state index in [4.69, 9.17) is 4.42 Å². The van der Waals surface area contributed by atoms with E-state index < -0.39 is 0 Å². The highest BCUT2D eigenvalue weighted by atomic mass is 32.2. The van der Waals surface area contributed by atoms with Gasteiger partial charge in [-0.25, -0.2) is 9.99 Å². The molecule has 1 N–H and O–H groups in total. The number of nitrogens with one attached hydrogen (secondary N) is 1. The second-order valence-electron chi connectivity index (χ2n) is 7.50. The van der Waals surface area contributed by atoms with Gasteiger partial charge in [0.05, 0.1) is 17.7 Å². The zero-order valence-electron chi connectivity index (χ0n) is 17.4. The van der Waals surface area contributed by atoms with Crippen molar-refractivity contribution < 1.29 is 9.21 Å². The van der Waals surface area contributed by atoms with Crippen molar-refractivity contribution in [3.05, 3.63) is 87.8 Å². The summed E-state index contributed by atoms with van der Waals surface area (Å²) in [7, 11) is 0. The summed E-state index contributed by atoms with van der Waals surface area (Å²) < 4.78 is 5.61. The number of furan rings is 1. The number of aromatic nitrogens is 3. The number of aryl methyl sites for hydroxylation is 1. The van der Waals surface area contributed by atoms with Gasteiger partial charge in [-0.15, -0.1) is 16.4 Å². The summed E-state index contributed by atoms with van der Waals surface area (Å²) in [6.45, 7) is 2.05. The fraction of sp³-hybridized carbons (Fsp3) is 0.217. The molecule has 4 aromatic rings. The number of rotatable bonds is 7. The van der Waals surface area contributed by atoms with Crippen molar-refractivity contribution in [2.45, 2.75) is 31.0 Å². The highest BCUT2D eigenvalue weighted by Crippen LogP contribution is 2.34.